The number of hydrogen-bond donors (Lipinski definition) is 1. The molecule has 0 fully saturated rings. The van der Waals surface area contributed by atoms with E-state index in [0.29, 0.717) is 0 Å². The van der Waals surface area contributed by atoms with Crippen LogP contribution in [0.4, 0.5) is 4.39 Å². The van der Waals surface area contributed by atoms with E-state index in [9.17, 15) is 4.39 Å². The zero-order chi connectivity index (χ0) is 15.1. The van der Waals surface area contributed by atoms with Gasteiger partial charge in [-0.3, -0.25) is 0 Å². The summed E-state index contributed by atoms with van der Waals surface area (Å²) in [6.07, 6.45) is 8.08. The van der Waals surface area contributed by atoms with E-state index in [2.05, 4.69) is 17.2 Å². The molecular weight excluding hydrogens is 265 g/mol. The summed E-state index contributed by atoms with van der Waals surface area (Å²) in [6.45, 7) is 3.06. The normalized spacial score (nSPS) is 12.5. The SMILES string of the molecule is CCCCC(NCCc1nccn1C)c1ccc(F)cc1. The van der Waals surface area contributed by atoms with Gasteiger partial charge in [-0.15, -0.1) is 0 Å². The number of imidazole rings is 1. The fraction of sp³-hybridized carbons (Fsp3) is 0.471. The van der Waals surface area contributed by atoms with E-state index in [1.165, 1.54) is 18.6 Å². The maximum Gasteiger partial charge on any atom is 0.123 e. The lowest BCUT2D eigenvalue weighted by atomic mass is 10.0. The van der Waals surface area contributed by atoms with E-state index in [-0.39, 0.29) is 11.9 Å². The Bertz CT molecular complexity index is 533. The van der Waals surface area contributed by atoms with Gasteiger partial charge in [-0.25, -0.2) is 9.37 Å². The minimum Gasteiger partial charge on any atom is -0.338 e. The van der Waals surface area contributed by atoms with E-state index >= 15 is 0 Å². The van der Waals surface area contributed by atoms with E-state index < -0.39 is 0 Å². The Morgan fingerprint density at radius 3 is 2.67 bits per heavy atom. The maximum atomic E-state index is 13.1. The standard InChI is InChI=1S/C17H24FN3/c1-3-4-5-16(14-6-8-15(18)9-7-14)19-11-10-17-20-12-13-21(17)2/h6-9,12-13,16,19H,3-5,10-11H2,1-2H3. The quantitative estimate of drug-likeness (QED) is 0.804. The molecule has 2 rings (SSSR count). The molecule has 3 nitrogen and oxygen atoms in total. The number of benzene rings is 1. The molecule has 0 saturated heterocycles. The van der Waals surface area contributed by atoms with Crippen LogP contribution in [0.3, 0.4) is 0 Å². The van der Waals surface area contributed by atoms with Gasteiger partial charge in [-0.05, 0) is 24.1 Å². The van der Waals surface area contributed by atoms with Gasteiger partial charge in [0, 0.05) is 38.4 Å². The molecule has 1 aromatic heterocycles. The van der Waals surface area contributed by atoms with Gasteiger partial charge in [0.1, 0.15) is 11.6 Å². The largest absolute Gasteiger partial charge is 0.338 e. The van der Waals surface area contributed by atoms with Crippen LogP contribution in [0, 0.1) is 5.82 Å². The van der Waals surface area contributed by atoms with Crippen molar-refractivity contribution in [3.63, 3.8) is 0 Å². The van der Waals surface area contributed by atoms with Crippen LogP contribution in [-0.4, -0.2) is 16.1 Å². The number of nitrogens with zero attached hydrogens (tertiary/aromatic N) is 2. The molecule has 0 bridgehead atoms. The Morgan fingerprint density at radius 2 is 2.05 bits per heavy atom. The van der Waals surface area contributed by atoms with Gasteiger partial charge in [0.25, 0.3) is 0 Å². The predicted octanol–water partition coefficient (Wildman–Crippen LogP) is 3.62. The second-order valence-corrected chi connectivity index (χ2v) is 5.40. The highest BCUT2D eigenvalue weighted by atomic mass is 19.1. The Morgan fingerprint density at radius 1 is 1.29 bits per heavy atom. The van der Waals surface area contributed by atoms with Crippen molar-refractivity contribution >= 4 is 0 Å². The highest BCUT2D eigenvalue weighted by Crippen LogP contribution is 2.19. The van der Waals surface area contributed by atoms with Crippen molar-refractivity contribution in [2.75, 3.05) is 6.54 Å². The van der Waals surface area contributed by atoms with Crippen molar-refractivity contribution in [1.29, 1.82) is 0 Å². The molecule has 0 aliphatic carbocycles. The van der Waals surface area contributed by atoms with Crippen LogP contribution in [-0.2, 0) is 13.5 Å². The second-order valence-electron chi connectivity index (χ2n) is 5.40. The van der Waals surface area contributed by atoms with E-state index in [0.717, 1.165) is 37.2 Å². The molecule has 2 aromatic rings. The molecule has 1 N–H and O–H groups in total. The van der Waals surface area contributed by atoms with Crippen molar-refractivity contribution in [2.24, 2.45) is 7.05 Å². The van der Waals surface area contributed by atoms with E-state index in [4.69, 9.17) is 0 Å². The molecule has 114 valence electrons. The third-order valence-corrected chi connectivity index (χ3v) is 3.78. The Hall–Kier alpha value is -1.68. The molecule has 4 heteroatoms. The van der Waals surface area contributed by atoms with Gasteiger partial charge in [0.05, 0.1) is 0 Å². The Balaban J connectivity index is 1.93. The van der Waals surface area contributed by atoms with Gasteiger partial charge < -0.3 is 9.88 Å². The smallest absolute Gasteiger partial charge is 0.123 e. The number of unbranched alkanes of at least 4 members (excludes halogenated alkanes) is 1. The average Bonchev–Trinajstić information content (AvgIpc) is 2.89. The second kappa shape index (κ2) is 7.93. The zero-order valence-electron chi connectivity index (χ0n) is 12.8. The highest BCUT2D eigenvalue weighted by molar-refractivity contribution is 5.19. The number of rotatable bonds is 8. The summed E-state index contributed by atoms with van der Waals surface area (Å²) in [5.74, 6) is 0.900. The van der Waals surface area contributed by atoms with Crippen molar-refractivity contribution < 1.29 is 4.39 Å². The van der Waals surface area contributed by atoms with Gasteiger partial charge in [0.2, 0.25) is 0 Å². The molecule has 0 aliphatic heterocycles. The van der Waals surface area contributed by atoms with Crippen LogP contribution in [0.5, 0.6) is 0 Å². The summed E-state index contributed by atoms with van der Waals surface area (Å²) < 4.78 is 15.1. The molecule has 1 atom stereocenters. The van der Waals surface area contributed by atoms with Crippen LogP contribution in [0.2, 0.25) is 0 Å². The van der Waals surface area contributed by atoms with Crippen LogP contribution >= 0.6 is 0 Å². The summed E-state index contributed by atoms with van der Waals surface area (Å²) in [7, 11) is 2.01. The number of hydrogen-bond acceptors (Lipinski definition) is 2. The minimum atomic E-state index is -0.180. The van der Waals surface area contributed by atoms with Crippen molar-refractivity contribution in [1.82, 2.24) is 14.9 Å². The molecule has 0 spiro atoms. The zero-order valence-corrected chi connectivity index (χ0v) is 12.8. The number of halogens is 1. The van der Waals surface area contributed by atoms with Crippen LogP contribution < -0.4 is 5.32 Å². The highest BCUT2D eigenvalue weighted by Gasteiger charge is 2.11. The van der Waals surface area contributed by atoms with E-state index in [1.54, 1.807) is 0 Å². The van der Waals surface area contributed by atoms with Crippen molar-refractivity contribution in [2.45, 2.75) is 38.6 Å². The number of aryl methyl sites for hydroxylation is 1. The van der Waals surface area contributed by atoms with Crippen LogP contribution in [0.25, 0.3) is 0 Å². The van der Waals surface area contributed by atoms with Crippen LogP contribution in [0.15, 0.2) is 36.7 Å². The lowest BCUT2D eigenvalue weighted by molar-refractivity contribution is 0.479. The summed E-state index contributed by atoms with van der Waals surface area (Å²) in [6, 6.07) is 7.11. The van der Waals surface area contributed by atoms with Gasteiger partial charge in [-0.1, -0.05) is 31.9 Å². The molecule has 0 radical (unpaired) electrons. The minimum absolute atomic E-state index is 0.180. The molecule has 1 aromatic carbocycles. The van der Waals surface area contributed by atoms with Gasteiger partial charge in [-0.2, -0.15) is 0 Å². The first-order valence-corrected chi connectivity index (χ1v) is 7.65. The molecule has 21 heavy (non-hydrogen) atoms. The number of aromatic nitrogens is 2. The molecule has 1 unspecified atom stereocenters. The summed E-state index contributed by atoms with van der Waals surface area (Å²) in [5.41, 5.74) is 1.16. The third kappa shape index (κ3) is 4.67. The lowest BCUT2D eigenvalue weighted by Crippen LogP contribution is -2.24. The molecule has 0 amide bonds. The molecule has 1 heterocycles. The average molecular weight is 289 g/mol. The third-order valence-electron chi connectivity index (χ3n) is 3.78. The predicted molar refractivity (Wildman–Crippen MR) is 83.6 cm³/mol. The lowest BCUT2D eigenvalue weighted by Gasteiger charge is -2.19. The summed E-state index contributed by atoms with van der Waals surface area (Å²) >= 11 is 0. The topological polar surface area (TPSA) is 29.9 Å². The Kier molecular flexibility index (Phi) is 5.93. The molecular formula is C17H24FN3. The fourth-order valence-electron chi connectivity index (χ4n) is 2.49. The first-order valence-electron chi connectivity index (χ1n) is 7.65. The van der Waals surface area contributed by atoms with Gasteiger partial charge >= 0.3 is 0 Å². The maximum absolute atomic E-state index is 13.1. The summed E-state index contributed by atoms with van der Waals surface area (Å²) in [4.78, 5) is 4.33. The van der Waals surface area contributed by atoms with Crippen molar-refractivity contribution in [3.8, 4) is 0 Å². The summed E-state index contributed by atoms with van der Waals surface area (Å²) in [5, 5.41) is 3.58. The Labute approximate surface area is 126 Å². The first-order chi connectivity index (χ1) is 10.2. The molecule has 0 saturated carbocycles. The monoisotopic (exact) mass is 289 g/mol. The number of nitrogens with one attached hydrogen (secondary N) is 1. The van der Waals surface area contributed by atoms with Crippen molar-refractivity contribution in [3.05, 3.63) is 53.9 Å². The van der Waals surface area contributed by atoms with Crippen LogP contribution in [0.1, 0.15) is 43.6 Å². The van der Waals surface area contributed by atoms with E-state index in [1.807, 2.05) is 36.1 Å². The van der Waals surface area contributed by atoms with Gasteiger partial charge in [0.15, 0.2) is 0 Å². The molecule has 0 aliphatic rings. The fourth-order valence-corrected chi connectivity index (χ4v) is 2.49. The first kappa shape index (κ1) is 15.7.